The van der Waals surface area contributed by atoms with Gasteiger partial charge in [0.15, 0.2) is 0 Å². The number of amides is 3. The molecule has 0 radical (unpaired) electrons. The molecular formula is C26H35F2N7O3. The first-order valence-electron chi connectivity index (χ1n) is 13.6. The van der Waals surface area contributed by atoms with Gasteiger partial charge >= 0.3 is 0 Å². The standard InChI is InChI=1S/C26H35F2N7O3/c1-34-14-18(13-31-34)32-21(9-15-4-5-15)25(38)35-19-6-7-20(26(27,28)11-19)22(35)24(37)33-17(12-29)10-16-3-2-8-30-23(16)36/h13-17,19-22,32H,2-11H2,1H3,(H,30,36)(H,33,37)/t16-,17+,19+,20+,21-,22+/m0/s1. The molecule has 3 N–H and O–H groups in total. The molecule has 206 valence electrons. The van der Waals surface area contributed by atoms with Crippen molar-refractivity contribution >= 4 is 23.4 Å². The largest absolute Gasteiger partial charge is 0.371 e. The zero-order valence-electron chi connectivity index (χ0n) is 21.5. The zero-order chi connectivity index (χ0) is 27.0. The van der Waals surface area contributed by atoms with E-state index >= 15 is 8.78 Å². The summed E-state index contributed by atoms with van der Waals surface area (Å²) >= 11 is 0. The summed E-state index contributed by atoms with van der Waals surface area (Å²) in [6.45, 7) is 0.575. The Morgan fingerprint density at radius 1 is 1.26 bits per heavy atom. The van der Waals surface area contributed by atoms with Crippen LogP contribution in [0, 0.1) is 29.1 Å². The van der Waals surface area contributed by atoms with E-state index in [2.05, 4.69) is 21.0 Å². The van der Waals surface area contributed by atoms with Crippen molar-refractivity contribution in [1.29, 1.82) is 5.26 Å². The Morgan fingerprint density at radius 2 is 2.05 bits per heavy atom. The molecule has 12 heteroatoms. The fourth-order valence-corrected chi connectivity index (χ4v) is 6.36. The van der Waals surface area contributed by atoms with E-state index in [9.17, 15) is 19.6 Å². The number of anilines is 1. The van der Waals surface area contributed by atoms with Crippen molar-refractivity contribution in [2.45, 2.75) is 87.9 Å². The predicted molar refractivity (Wildman–Crippen MR) is 133 cm³/mol. The zero-order valence-corrected chi connectivity index (χ0v) is 21.5. The molecule has 6 rings (SSSR count). The maximum absolute atomic E-state index is 15.1. The number of nitriles is 1. The van der Waals surface area contributed by atoms with Crippen molar-refractivity contribution in [2.24, 2.45) is 24.8 Å². The summed E-state index contributed by atoms with van der Waals surface area (Å²) in [7, 11) is 1.76. The van der Waals surface area contributed by atoms with Crippen LogP contribution >= 0.6 is 0 Å². The highest BCUT2D eigenvalue weighted by molar-refractivity contribution is 5.92. The lowest BCUT2D eigenvalue weighted by Gasteiger charge is -2.54. The number of hydrogen-bond acceptors (Lipinski definition) is 6. The van der Waals surface area contributed by atoms with Crippen LogP contribution in [-0.2, 0) is 21.4 Å². The Labute approximate surface area is 220 Å². The molecule has 3 aliphatic heterocycles. The predicted octanol–water partition coefficient (Wildman–Crippen LogP) is 1.94. The molecule has 0 spiro atoms. The van der Waals surface area contributed by atoms with Crippen LogP contribution in [0.2, 0.25) is 0 Å². The van der Waals surface area contributed by atoms with Gasteiger partial charge in [0.1, 0.15) is 18.1 Å². The Bertz CT molecular complexity index is 1110. The van der Waals surface area contributed by atoms with Gasteiger partial charge in [-0.1, -0.05) is 12.8 Å². The molecule has 6 atom stereocenters. The van der Waals surface area contributed by atoms with Crippen molar-refractivity contribution in [1.82, 2.24) is 25.3 Å². The summed E-state index contributed by atoms with van der Waals surface area (Å²) in [6, 6.07) is -1.81. The van der Waals surface area contributed by atoms with Crippen LogP contribution in [0.3, 0.4) is 0 Å². The van der Waals surface area contributed by atoms with Crippen LogP contribution in [0.4, 0.5) is 14.5 Å². The fourth-order valence-electron chi connectivity index (χ4n) is 6.36. The number of aryl methyl sites for hydroxylation is 1. The number of halogens is 2. The molecule has 5 aliphatic rings. The Balaban J connectivity index is 1.37. The van der Waals surface area contributed by atoms with E-state index in [-0.39, 0.29) is 24.7 Å². The lowest BCUT2D eigenvalue weighted by molar-refractivity contribution is -0.194. The second-order valence-electron chi connectivity index (χ2n) is 11.3. The van der Waals surface area contributed by atoms with Crippen LogP contribution < -0.4 is 16.0 Å². The molecule has 1 aromatic rings. The number of nitrogens with zero attached hydrogens (tertiary/aromatic N) is 4. The Kier molecular flexibility index (Phi) is 7.29. The summed E-state index contributed by atoms with van der Waals surface area (Å²) in [5.41, 5.74) is 0.648. The van der Waals surface area contributed by atoms with E-state index in [1.807, 2.05) is 6.07 Å². The van der Waals surface area contributed by atoms with E-state index in [4.69, 9.17) is 0 Å². The molecule has 3 saturated heterocycles. The van der Waals surface area contributed by atoms with E-state index in [1.54, 1.807) is 24.1 Å². The third kappa shape index (κ3) is 5.47. The van der Waals surface area contributed by atoms with Crippen molar-refractivity contribution < 1.29 is 23.2 Å². The van der Waals surface area contributed by atoms with Crippen molar-refractivity contribution in [3.8, 4) is 6.07 Å². The minimum atomic E-state index is -3.09. The number of carbonyl (C=O) groups excluding carboxylic acids is 3. The van der Waals surface area contributed by atoms with Gasteiger partial charge in [0, 0.05) is 38.2 Å². The van der Waals surface area contributed by atoms with Gasteiger partial charge in [0.25, 0.3) is 5.92 Å². The minimum absolute atomic E-state index is 0.103. The molecule has 2 aliphatic carbocycles. The Hall–Kier alpha value is -3.23. The second-order valence-corrected chi connectivity index (χ2v) is 11.3. The lowest BCUT2D eigenvalue weighted by Crippen LogP contribution is -2.70. The van der Waals surface area contributed by atoms with Gasteiger partial charge in [-0.05, 0) is 44.4 Å². The molecule has 38 heavy (non-hydrogen) atoms. The Morgan fingerprint density at radius 3 is 2.68 bits per heavy atom. The van der Waals surface area contributed by atoms with Crippen molar-refractivity contribution in [2.75, 3.05) is 11.9 Å². The number of hydrogen-bond donors (Lipinski definition) is 3. The van der Waals surface area contributed by atoms with Crippen LogP contribution in [0.5, 0.6) is 0 Å². The number of nitrogens with one attached hydrogen (secondary N) is 3. The molecule has 0 aromatic carbocycles. The maximum Gasteiger partial charge on any atom is 0.255 e. The topological polar surface area (TPSA) is 132 Å². The van der Waals surface area contributed by atoms with Gasteiger partial charge in [0.2, 0.25) is 17.7 Å². The van der Waals surface area contributed by atoms with Gasteiger partial charge in [0.05, 0.1) is 23.9 Å². The first-order valence-corrected chi connectivity index (χ1v) is 13.6. The first kappa shape index (κ1) is 26.4. The summed E-state index contributed by atoms with van der Waals surface area (Å²) in [4.78, 5) is 41.1. The molecular weight excluding hydrogens is 496 g/mol. The van der Waals surface area contributed by atoms with E-state index in [0.717, 1.165) is 19.3 Å². The van der Waals surface area contributed by atoms with Crippen molar-refractivity contribution in [3.63, 3.8) is 0 Å². The van der Waals surface area contributed by atoms with Gasteiger partial charge in [-0.15, -0.1) is 0 Å². The summed E-state index contributed by atoms with van der Waals surface area (Å²) in [5.74, 6) is -5.76. The smallest absolute Gasteiger partial charge is 0.255 e. The first-order chi connectivity index (χ1) is 18.2. The molecule has 2 bridgehead atoms. The second kappa shape index (κ2) is 10.5. The lowest BCUT2D eigenvalue weighted by atomic mass is 9.71. The number of carbonyl (C=O) groups is 3. The monoisotopic (exact) mass is 531 g/mol. The van der Waals surface area contributed by atoms with Crippen molar-refractivity contribution in [3.05, 3.63) is 12.4 Å². The third-order valence-corrected chi connectivity index (χ3v) is 8.46. The van der Waals surface area contributed by atoms with E-state index in [1.165, 1.54) is 4.90 Å². The number of aromatic nitrogens is 2. The molecule has 5 fully saturated rings. The maximum atomic E-state index is 15.1. The number of piperidine rings is 3. The highest BCUT2D eigenvalue weighted by Gasteiger charge is 2.61. The average Bonchev–Trinajstić information content (AvgIpc) is 3.61. The third-order valence-electron chi connectivity index (χ3n) is 8.46. The van der Waals surface area contributed by atoms with Crippen LogP contribution in [-0.4, -0.2) is 69.0 Å². The molecule has 1 aromatic heterocycles. The van der Waals surface area contributed by atoms with Crippen LogP contribution in [0.15, 0.2) is 12.4 Å². The molecule has 3 amide bonds. The van der Waals surface area contributed by atoms with Gasteiger partial charge < -0.3 is 20.9 Å². The molecule has 2 saturated carbocycles. The summed E-state index contributed by atoms with van der Waals surface area (Å²) in [6.07, 6.45) is 7.44. The number of rotatable bonds is 9. The summed E-state index contributed by atoms with van der Waals surface area (Å²) in [5, 5.41) is 22.5. The average molecular weight is 532 g/mol. The summed E-state index contributed by atoms with van der Waals surface area (Å²) < 4.78 is 31.8. The SMILES string of the molecule is Cn1cc(N[C@@H](CC2CC2)C(=O)N2[C@@H]3CC[C@H]([C@@H]2C(=O)N[C@@H](C#N)C[C@@H]2CCCNC2=O)C(F)(F)C3)cn1. The van der Waals surface area contributed by atoms with E-state index < -0.39 is 54.3 Å². The molecule has 4 heterocycles. The van der Waals surface area contributed by atoms with Gasteiger partial charge in [-0.3, -0.25) is 19.1 Å². The molecule has 10 nitrogen and oxygen atoms in total. The molecule has 0 unspecified atom stereocenters. The highest BCUT2D eigenvalue weighted by Crippen LogP contribution is 2.49. The van der Waals surface area contributed by atoms with Gasteiger partial charge in [-0.25, -0.2) is 8.78 Å². The number of fused-ring (bicyclic) bond motifs is 3. The number of alkyl halides is 2. The fraction of sp³-hybridized carbons (Fsp3) is 0.731. The van der Waals surface area contributed by atoms with E-state index in [0.29, 0.717) is 37.4 Å². The minimum Gasteiger partial charge on any atom is -0.371 e. The highest BCUT2D eigenvalue weighted by atomic mass is 19.3. The van der Waals surface area contributed by atoms with Gasteiger partial charge in [-0.2, -0.15) is 10.4 Å². The van der Waals surface area contributed by atoms with Crippen LogP contribution in [0.25, 0.3) is 0 Å². The van der Waals surface area contributed by atoms with Crippen LogP contribution in [0.1, 0.15) is 57.8 Å². The quantitative estimate of drug-likeness (QED) is 0.446. The normalized spacial score (nSPS) is 29.6.